The molecule has 7 heteroatoms. The van der Waals surface area contributed by atoms with E-state index in [0.717, 1.165) is 27.6 Å². The van der Waals surface area contributed by atoms with Crippen LogP contribution in [0.15, 0.2) is 112 Å². The van der Waals surface area contributed by atoms with Gasteiger partial charge in [-0.25, -0.2) is 9.79 Å². The summed E-state index contributed by atoms with van der Waals surface area (Å²) in [6.45, 7) is 6.23. The summed E-state index contributed by atoms with van der Waals surface area (Å²) in [5.41, 5.74) is 4.58. The molecular formula is C35H30N2O4S. The lowest BCUT2D eigenvalue weighted by Gasteiger charge is -2.24. The molecule has 6 rings (SSSR count). The lowest BCUT2D eigenvalue weighted by molar-refractivity contribution is -0.139. The molecule has 5 aromatic rings. The van der Waals surface area contributed by atoms with Gasteiger partial charge >= 0.3 is 5.97 Å². The molecule has 0 amide bonds. The highest BCUT2D eigenvalue weighted by Gasteiger charge is 2.33. The predicted molar refractivity (Wildman–Crippen MR) is 166 cm³/mol. The zero-order valence-corrected chi connectivity index (χ0v) is 24.5. The van der Waals surface area contributed by atoms with E-state index in [0.29, 0.717) is 33.0 Å². The molecule has 0 spiro atoms. The molecule has 0 N–H and O–H groups in total. The number of rotatable bonds is 7. The number of esters is 1. The number of hydrogen-bond donors (Lipinski definition) is 0. The zero-order valence-electron chi connectivity index (χ0n) is 23.7. The second-order valence-electron chi connectivity index (χ2n) is 10.2. The molecule has 0 radical (unpaired) electrons. The molecular weight excluding hydrogens is 544 g/mol. The Balaban J connectivity index is 1.36. The summed E-state index contributed by atoms with van der Waals surface area (Å²) in [4.78, 5) is 32.2. The van der Waals surface area contributed by atoms with Crippen LogP contribution in [0, 0.1) is 6.92 Å². The maximum atomic E-state index is 13.9. The molecule has 1 aromatic heterocycles. The van der Waals surface area contributed by atoms with Crippen LogP contribution >= 0.6 is 11.3 Å². The van der Waals surface area contributed by atoms with Crippen LogP contribution in [-0.4, -0.2) is 17.1 Å². The molecule has 0 saturated heterocycles. The van der Waals surface area contributed by atoms with E-state index in [1.807, 2.05) is 79.7 Å². The van der Waals surface area contributed by atoms with Gasteiger partial charge in [0.1, 0.15) is 12.4 Å². The highest BCUT2D eigenvalue weighted by Crippen LogP contribution is 2.31. The van der Waals surface area contributed by atoms with Crippen LogP contribution in [0.1, 0.15) is 42.1 Å². The quantitative estimate of drug-likeness (QED) is 0.229. The third kappa shape index (κ3) is 5.31. The summed E-state index contributed by atoms with van der Waals surface area (Å²) >= 11 is 1.31. The molecule has 4 aromatic carbocycles. The van der Waals surface area contributed by atoms with Gasteiger partial charge in [0.2, 0.25) is 0 Å². The fourth-order valence-corrected chi connectivity index (χ4v) is 6.33. The average Bonchev–Trinajstić information content (AvgIpc) is 3.29. The van der Waals surface area contributed by atoms with Gasteiger partial charge in [0.05, 0.1) is 28.5 Å². The maximum absolute atomic E-state index is 13.9. The standard InChI is InChI=1S/C35H30N2O4S/c1-4-40-34(39)31-23(3)36-35-37(32(31)26-17-15-22(2)16-18-26)33(38)30(42-35)20-24-9-7-13-28(19-24)41-21-27-12-8-11-25-10-5-6-14-29(25)27/h5-20,32H,4,21H2,1-3H3/b30-20-/t32-/m0/s1. The molecule has 0 aliphatic carbocycles. The largest absolute Gasteiger partial charge is 0.489 e. The Kier molecular flexibility index (Phi) is 7.59. The van der Waals surface area contributed by atoms with E-state index in [2.05, 4.69) is 29.3 Å². The van der Waals surface area contributed by atoms with E-state index < -0.39 is 12.0 Å². The molecule has 1 atom stereocenters. The number of fused-ring (bicyclic) bond motifs is 2. The minimum atomic E-state index is -0.626. The number of aromatic nitrogens is 1. The molecule has 0 fully saturated rings. The van der Waals surface area contributed by atoms with Crippen LogP contribution < -0.4 is 19.6 Å². The molecule has 2 heterocycles. The molecule has 1 aliphatic heterocycles. The number of ether oxygens (including phenoxy) is 2. The number of thiazole rings is 1. The van der Waals surface area contributed by atoms with E-state index in [-0.39, 0.29) is 12.2 Å². The van der Waals surface area contributed by atoms with Crippen LogP contribution in [-0.2, 0) is 16.1 Å². The third-order valence-corrected chi connectivity index (χ3v) is 8.32. The summed E-state index contributed by atoms with van der Waals surface area (Å²) in [5.74, 6) is 0.247. The number of benzene rings is 4. The topological polar surface area (TPSA) is 69.9 Å². The average molecular weight is 575 g/mol. The Hall–Kier alpha value is -4.75. The lowest BCUT2D eigenvalue weighted by atomic mass is 9.95. The minimum absolute atomic E-state index is 0.208. The van der Waals surface area contributed by atoms with Gasteiger partial charge in [0.25, 0.3) is 5.56 Å². The van der Waals surface area contributed by atoms with Crippen molar-refractivity contribution in [3.63, 3.8) is 0 Å². The first-order chi connectivity index (χ1) is 20.4. The van der Waals surface area contributed by atoms with E-state index in [4.69, 9.17) is 9.47 Å². The highest BCUT2D eigenvalue weighted by atomic mass is 32.1. The number of carbonyl (C=O) groups is 1. The van der Waals surface area contributed by atoms with Crippen molar-refractivity contribution in [1.29, 1.82) is 0 Å². The zero-order chi connectivity index (χ0) is 29.2. The van der Waals surface area contributed by atoms with Crippen LogP contribution in [0.4, 0.5) is 0 Å². The normalized spacial score (nSPS) is 14.9. The fourth-order valence-electron chi connectivity index (χ4n) is 5.28. The van der Waals surface area contributed by atoms with Crippen molar-refractivity contribution in [3.05, 3.63) is 144 Å². The number of aryl methyl sites for hydroxylation is 1. The summed E-state index contributed by atoms with van der Waals surface area (Å²) in [7, 11) is 0. The summed E-state index contributed by atoms with van der Waals surface area (Å²) < 4.78 is 13.7. The Bertz CT molecular complexity index is 2010. The molecule has 0 bridgehead atoms. The smallest absolute Gasteiger partial charge is 0.338 e. The van der Waals surface area contributed by atoms with E-state index in [1.54, 1.807) is 18.4 Å². The fraction of sp³-hybridized carbons (Fsp3) is 0.171. The monoisotopic (exact) mass is 574 g/mol. The van der Waals surface area contributed by atoms with Gasteiger partial charge in [-0.2, -0.15) is 0 Å². The molecule has 210 valence electrons. The van der Waals surface area contributed by atoms with E-state index >= 15 is 0 Å². The van der Waals surface area contributed by atoms with E-state index in [1.165, 1.54) is 16.7 Å². The van der Waals surface area contributed by atoms with Crippen LogP contribution in [0.25, 0.3) is 16.8 Å². The molecule has 0 unspecified atom stereocenters. The first-order valence-corrected chi connectivity index (χ1v) is 14.7. The summed E-state index contributed by atoms with van der Waals surface area (Å²) in [6, 6.07) is 29.4. The van der Waals surface area contributed by atoms with Crippen LogP contribution in [0.5, 0.6) is 5.75 Å². The number of nitrogens with zero attached hydrogens (tertiary/aromatic N) is 2. The van der Waals surface area contributed by atoms with Gasteiger partial charge in [-0.1, -0.05) is 95.8 Å². The second kappa shape index (κ2) is 11.6. The predicted octanol–water partition coefficient (Wildman–Crippen LogP) is 5.84. The van der Waals surface area contributed by atoms with Gasteiger partial charge < -0.3 is 9.47 Å². The summed E-state index contributed by atoms with van der Waals surface area (Å²) in [6.07, 6.45) is 1.85. The number of allylic oxidation sites excluding steroid dienone is 1. The van der Waals surface area contributed by atoms with Gasteiger partial charge in [-0.3, -0.25) is 9.36 Å². The number of carbonyl (C=O) groups excluding carboxylic acids is 1. The Morgan fingerprint density at radius 1 is 0.976 bits per heavy atom. The van der Waals surface area contributed by atoms with E-state index in [9.17, 15) is 9.59 Å². The van der Waals surface area contributed by atoms with Gasteiger partial charge in [-0.15, -0.1) is 0 Å². The van der Waals surface area contributed by atoms with Crippen molar-refractivity contribution in [2.75, 3.05) is 6.61 Å². The van der Waals surface area contributed by atoms with Crippen molar-refractivity contribution in [2.45, 2.75) is 33.4 Å². The van der Waals surface area contributed by atoms with Crippen LogP contribution in [0.2, 0.25) is 0 Å². The SMILES string of the molecule is CCOC(=O)C1=C(C)N=c2s/c(=C\c3cccc(OCc4cccc5ccccc45)c3)c(=O)n2[C@H]1c1ccc(C)cc1. The lowest BCUT2D eigenvalue weighted by Crippen LogP contribution is -2.39. The van der Waals surface area contributed by atoms with Crippen molar-refractivity contribution < 1.29 is 14.3 Å². The van der Waals surface area contributed by atoms with Gasteiger partial charge in [0.15, 0.2) is 4.80 Å². The maximum Gasteiger partial charge on any atom is 0.338 e. The first kappa shape index (κ1) is 27.4. The molecule has 0 saturated carbocycles. The summed E-state index contributed by atoms with van der Waals surface area (Å²) in [5, 5.41) is 2.34. The van der Waals surface area contributed by atoms with Gasteiger partial charge in [-0.05, 0) is 66.4 Å². The minimum Gasteiger partial charge on any atom is -0.489 e. The van der Waals surface area contributed by atoms with Crippen LogP contribution in [0.3, 0.4) is 0 Å². The van der Waals surface area contributed by atoms with Crippen molar-refractivity contribution >= 4 is 34.2 Å². The first-order valence-electron chi connectivity index (χ1n) is 13.9. The molecule has 6 nitrogen and oxygen atoms in total. The number of hydrogen-bond acceptors (Lipinski definition) is 6. The highest BCUT2D eigenvalue weighted by molar-refractivity contribution is 7.07. The Labute approximate surface area is 247 Å². The van der Waals surface area contributed by atoms with Crippen molar-refractivity contribution in [3.8, 4) is 5.75 Å². The third-order valence-electron chi connectivity index (χ3n) is 7.34. The molecule has 1 aliphatic rings. The van der Waals surface area contributed by atoms with Crippen molar-refractivity contribution in [1.82, 2.24) is 4.57 Å². The van der Waals surface area contributed by atoms with Gasteiger partial charge in [0, 0.05) is 0 Å². The van der Waals surface area contributed by atoms with Crippen molar-refractivity contribution in [2.24, 2.45) is 4.99 Å². The Morgan fingerprint density at radius 2 is 1.74 bits per heavy atom. The Morgan fingerprint density at radius 3 is 2.55 bits per heavy atom. The second-order valence-corrected chi connectivity index (χ2v) is 11.2. The molecule has 42 heavy (non-hydrogen) atoms.